The minimum absolute atomic E-state index is 0.0793. The molecule has 0 saturated heterocycles. The second kappa shape index (κ2) is 9.20. The molecule has 0 unspecified atom stereocenters. The van der Waals surface area contributed by atoms with Crippen molar-refractivity contribution in [1.29, 1.82) is 0 Å². The minimum atomic E-state index is -0.420. The molecule has 3 aromatic carbocycles. The lowest BCUT2D eigenvalue weighted by Gasteiger charge is -2.14. The predicted octanol–water partition coefficient (Wildman–Crippen LogP) is 5.22. The quantitative estimate of drug-likeness (QED) is 0.657. The van der Waals surface area contributed by atoms with Gasteiger partial charge in [0.1, 0.15) is 6.61 Å². The van der Waals surface area contributed by atoms with Crippen LogP contribution in [0.1, 0.15) is 29.5 Å². The van der Waals surface area contributed by atoms with Crippen LogP contribution in [0.5, 0.6) is 0 Å². The molecule has 0 aliphatic heterocycles. The van der Waals surface area contributed by atoms with E-state index in [1.807, 2.05) is 48.5 Å². The topological polar surface area (TPSA) is 58.6 Å². The zero-order chi connectivity index (χ0) is 19.9. The average Bonchev–Trinajstić information content (AvgIpc) is 3.08. The highest BCUT2D eigenvalue weighted by Crippen LogP contribution is 2.44. The molecule has 4 heteroatoms. The van der Waals surface area contributed by atoms with Crippen LogP contribution in [0, 0.1) is 0 Å². The fourth-order valence-electron chi connectivity index (χ4n) is 3.58. The summed E-state index contributed by atoms with van der Waals surface area (Å²) in [6, 6.07) is 24.5. The van der Waals surface area contributed by atoms with Gasteiger partial charge in [-0.15, -0.1) is 0 Å². The molecule has 4 nitrogen and oxygen atoms in total. The maximum absolute atomic E-state index is 12.2. The van der Waals surface area contributed by atoms with Crippen molar-refractivity contribution in [2.45, 2.75) is 19.3 Å². The first kappa shape index (κ1) is 19.6. The van der Waals surface area contributed by atoms with Gasteiger partial charge in [-0.1, -0.05) is 67.6 Å². The summed E-state index contributed by atoms with van der Waals surface area (Å²) in [5.74, 6) is 0.0793. The first-order valence-corrected chi connectivity index (χ1v) is 9.42. The van der Waals surface area contributed by atoms with E-state index in [-0.39, 0.29) is 5.92 Å². The number of aliphatic hydroxyl groups is 1. The van der Waals surface area contributed by atoms with Crippen molar-refractivity contribution in [2.24, 2.45) is 0 Å². The molecule has 0 saturated carbocycles. The van der Waals surface area contributed by atoms with Crippen LogP contribution in [0.15, 0.2) is 72.8 Å². The van der Waals surface area contributed by atoms with Gasteiger partial charge in [0.15, 0.2) is 0 Å². The lowest BCUT2D eigenvalue weighted by atomic mass is 9.98. The molecule has 0 radical (unpaired) electrons. The summed E-state index contributed by atoms with van der Waals surface area (Å²) in [6.45, 7) is 2.43. The third-order valence-electron chi connectivity index (χ3n) is 4.95. The highest BCUT2D eigenvalue weighted by atomic mass is 16.5. The summed E-state index contributed by atoms with van der Waals surface area (Å²) in [5, 5.41) is 9.80. The number of aliphatic hydroxyl groups excluding tert-OH is 1. The fourth-order valence-corrected chi connectivity index (χ4v) is 3.58. The van der Waals surface area contributed by atoms with Gasteiger partial charge in [0.2, 0.25) is 0 Å². The Morgan fingerprint density at radius 3 is 1.96 bits per heavy atom. The van der Waals surface area contributed by atoms with E-state index < -0.39 is 6.09 Å². The van der Waals surface area contributed by atoms with Crippen molar-refractivity contribution >= 4 is 11.8 Å². The first-order valence-electron chi connectivity index (χ1n) is 9.42. The van der Waals surface area contributed by atoms with Crippen LogP contribution in [-0.2, 0) is 11.2 Å². The molecule has 3 aromatic rings. The number of hydrogen-bond donors (Lipinski definition) is 2. The van der Waals surface area contributed by atoms with Crippen molar-refractivity contribution in [3.63, 3.8) is 0 Å². The first-order chi connectivity index (χ1) is 13.8. The van der Waals surface area contributed by atoms with E-state index in [4.69, 9.17) is 9.84 Å². The maximum atomic E-state index is 12.2. The number of carbonyl (C=O) groups is 1. The highest BCUT2D eigenvalue weighted by Gasteiger charge is 2.28. The Kier molecular flexibility index (Phi) is 6.45. The van der Waals surface area contributed by atoms with Gasteiger partial charge in [-0.05, 0) is 46.4 Å². The van der Waals surface area contributed by atoms with Gasteiger partial charge in [0.25, 0.3) is 0 Å². The summed E-state index contributed by atoms with van der Waals surface area (Å²) in [4.78, 5) is 12.2. The molecule has 1 aliphatic carbocycles. The molecule has 1 aliphatic rings. The van der Waals surface area contributed by atoms with Crippen LogP contribution >= 0.6 is 0 Å². The van der Waals surface area contributed by atoms with Crippen LogP contribution < -0.4 is 5.32 Å². The van der Waals surface area contributed by atoms with Crippen LogP contribution in [-0.4, -0.2) is 24.9 Å². The van der Waals surface area contributed by atoms with Gasteiger partial charge in [-0.2, -0.15) is 0 Å². The number of carbonyl (C=O) groups excluding carboxylic acids is 1. The molecule has 0 aromatic heterocycles. The minimum Gasteiger partial charge on any atom is -0.448 e. The summed E-state index contributed by atoms with van der Waals surface area (Å²) in [5.41, 5.74) is 6.88. The molecule has 0 spiro atoms. The Morgan fingerprint density at radius 1 is 0.893 bits per heavy atom. The summed E-state index contributed by atoms with van der Waals surface area (Å²) < 4.78 is 5.55. The number of aryl methyl sites for hydroxylation is 1. The Hall–Kier alpha value is -3.11. The van der Waals surface area contributed by atoms with Gasteiger partial charge in [-0.3, -0.25) is 5.32 Å². The molecule has 1 amide bonds. The zero-order valence-electron chi connectivity index (χ0n) is 16.2. The van der Waals surface area contributed by atoms with Crippen LogP contribution in [0.4, 0.5) is 10.5 Å². The second-order valence-corrected chi connectivity index (χ2v) is 6.50. The smallest absolute Gasteiger partial charge is 0.411 e. The normalized spacial score (nSPS) is 11.7. The number of benzene rings is 3. The molecule has 0 fully saturated rings. The summed E-state index contributed by atoms with van der Waals surface area (Å²) >= 11 is 0. The molecule has 2 N–H and O–H groups in total. The molecule has 0 heterocycles. The van der Waals surface area contributed by atoms with Crippen molar-refractivity contribution in [3.05, 3.63) is 89.5 Å². The Morgan fingerprint density at radius 2 is 1.43 bits per heavy atom. The number of hydrogen-bond acceptors (Lipinski definition) is 3. The van der Waals surface area contributed by atoms with Gasteiger partial charge < -0.3 is 9.84 Å². The summed E-state index contributed by atoms with van der Waals surface area (Å²) in [6.07, 6.45) is 0.557. The standard InChI is InChI=1S/C23H21NO2.CH4O/c1-2-16-11-13-17(14-12-16)24-23(25)26-15-22-20-9-5-3-7-18(20)19-8-4-6-10-21(19)22;1-2/h3-14,22H,2,15H2,1H3,(H,24,25);2H,1H3. The van der Waals surface area contributed by atoms with E-state index in [1.165, 1.54) is 27.8 Å². The van der Waals surface area contributed by atoms with E-state index in [1.54, 1.807) is 0 Å². The monoisotopic (exact) mass is 375 g/mol. The number of fused-ring (bicyclic) bond motifs is 3. The van der Waals surface area contributed by atoms with Gasteiger partial charge >= 0.3 is 6.09 Å². The Labute approximate surface area is 165 Å². The summed E-state index contributed by atoms with van der Waals surface area (Å²) in [7, 11) is 1.00. The second-order valence-electron chi connectivity index (χ2n) is 6.50. The van der Waals surface area contributed by atoms with Crippen LogP contribution in [0.25, 0.3) is 11.1 Å². The SMILES string of the molecule is CCc1ccc(NC(=O)OCC2c3ccccc3-c3ccccc32)cc1.CO. The van der Waals surface area contributed by atoms with E-state index in [9.17, 15) is 4.79 Å². The van der Waals surface area contributed by atoms with Crippen molar-refractivity contribution < 1.29 is 14.6 Å². The van der Waals surface area contributed by atoms with Gasteiger partial charge in [0, 0.05) is 18.7 Å². The Bertz CT molecular complexity index is 889. The Balaban J connectivity index is 0.00000109. The van der Waals surface area contributed by atoms with E-state index >= 15 is 0 Å². The number of amides is 1. The predicted molar refractivity (Wildman–Crippen MR) is 113 cm³/mol. The molecule has 28 heavy (non-hydrogen) atoms. The largest absolute Gasteiger partial charge is 0.448 e. The lowest BCUT2D eigenvalue weighted by molar-refractivity contribution is 0.158. The number of nitrogens with one attached hydrogen (secondary N) is 1. The van der Waals surface area contributed by atoms with Crippen LogP contribution in [0.3, 0.4) is 0 Å². The molecule has 0 atom stereocenters. The molecule has 144 valence electrons. The number of anilines is 1. The number of rotatable bonds is 4. The molecule has 4 rings (SSSR count). The van der Waals surface area contributed by atoms with Crippen molar-refractivity contribution in [1.82, 2.24) is 0 Å². The van der Waals surface area contributed by atoms with Gasteiger partial charge in [-0.25, -0.2) is 4.79 Å². The maximum Gasteiger partial charge on any atom is 0.411 e. The molecule has 0 bridgehead atoms. The third-order valence-corrected chi connectivity index (χ3v) is 4.95. The number of ether oxygens (including phenoxy) is 1. The zero-order valence-corrected chi connectivity index (χ0v) is 16.2. The van der Waals surface area contributed by atoms with Crippen LogP contribution in [0.2, 0.25) is 0 Å². The fraction of sp³-hybridized carbons (Fsp3) is 0.208. The average molecular weight is 375 g/mol. The highest BCUT2D eigenvalue weighted by molar-refractivity contribution is 5.85. The van der Waals surface area contributed by atoms with E-state index in [0.717, 1.165) is 19.2 Å². The lowest BCUT2D eigenvalue weighted by Crippen LogP contribution is -2.17. The van der Waals surface area contributed by atoms with Crippen molar-refractivity contribution in [3.8, 4) is 11.1 Å². The van der Waals surface area contributed by atoms with Gasteiger partial charge in [0.05, 0.1) is 0 Å². The van der Waals surface area contributed by atoms with E-state index in [2.05, 4.69) is 36.5 Å². The molecular formula is C24H25NO3. The molecular weight excluding hydrogens is 350 g/mol. The third kappa shape index (κ3) is 4.07. The van der Waals surface area contributed by atoms with E-state index in [0.29, 0.717) is 6.61 Å². The van der Waals surface area contributed by atoms with Crippen molar-refractivity contribution in [2.75, 3.05) is 19.0 Å².